The van der Waals surface area contributed by atoms with E-state index in [-0.39, 0.29) is 0 Å². The Morgan fingerprint density at radius 1 is 1.00 bits per heavy atom. The lowest BCUT2D eigenvalue weighted by atomic mass is 10.0. The first-order chi connectivity index (χ1) is 9.96. The Kier molecular flexibility index (Phi) is 6.42. The molecule has 0 amide bonds. The van der Waals surface area contributed by atoms with Crippen LogP contribution in [0.15, 0.2) is 29.2 Å². The largest absolute Gasteiger partial charge is 0.389 e. The van der Waals surface area contributed by atoms with E-state index < -0.39 is 48.6 Å². The number of hydrogen-bond acceptors (Lipinski definition) is 1. The molecule has 0 aliphatic heterocycles. The fourth-order valence-electron chi connectivity index (χ4n) is 1.81. The summed E-state index contributed by atoms with van der Waals surface area (Å²) in [6.45, 7) is 1.16. The fraction of sp³-hybridized carbons (Fsp3) is 0.538. The molecule has 1 atom stereocenters. The predicted molar refractivity (Wildman–Crippen MR) is 70.4 cm³/mol. The van der Waals surface area contributed by atoms with Crippen molar-refractivity contribution in [2.24, 2.45) is 5.92 Å². The minimum atomic E-state index is -4.71. The van der Waals surface area contributed by atoms with E-state index in [2.05, 4.69) is 4.72 Å². The smallest absolute Gasteiger partial charge is 0.238 e. The van der Waals surface area contributed by atoms with E-state index in [1.807, 2.05) is 0 Å². The van der Waals surface area contributed by atoms with Crippen LogP contribution < -0.4 is 4.72 Å². The zero-order valence-corrected chi connectivity index (χ0v) is 12.4. The summed E-state index contributed by atoms with van der Waals surface area (Å²) in [5.41, 5.74) is 0.896. The van der Waals surface area contributed by atoms with Crippen molar-refractivity contribution in [3.8, 4) is 0 Å². The van der Waals surface area contributed by atoms with Gasteiger partial charge in [-0.25, -0.2) is 8.93 Å². The van der Waals surface area contributed by atoms with Gasteiger partial charge in [0.15, 0.2) is 0 Å². The van der Waals surface area contributed by atoms with E-state index in [0.29, 0.717) is 4.90 Å². The second kappa shape index (κ2) is 7.45. The third-order valence-electron chi connectivity index (χ3n) is 2.78. The Morgan fingerprint density at radius 2 is 1.45 bits per heavy atom. The van der Waals surface area contributed by atoms with Crippen LogP contribution in [0.4, 0.5) is 26.3 Å². The van der Waals surface area contributed by atoms with E-state index >= 15 is 0 Å². The number of halogens is 6. The Balaban J connectivity index is 2.65. The molecular weight excluding hydrogens is 332 g/mol. The van der Waals surface area contributed by atoms with Crippen LogP contribution in [0.2, 0.25) is 0 Å². The van der Waals surface area contributed by atoms with Gasteiger partial charge >= 0.3 is 12.4 Å². The molecule has 0 bridgehead atoms. The molecule has 2 nitrogen and oxygen atoms in total. The molecule has 1 aromatic rings. The van der Waals surface area contributed by atoms with Crippen molar-refractivity contribution in [1.29, 1.82) is 0 Å². The van der Waals surface area contributed by atoms with Crippen LogP contribution in [0.25, 0.3) is 0 Å². The highest BCUT2D eigenvalue weighted by molar-refractivity contribution is 7.83. The third kappa shape index (κ3) is 7.79. The molecule has 1 rings (SSSR count). The van der Waals surface area contributed by atoms with Gasteiger partial charge in [0.1, 0.15) is 11.0 Å². The van der Waals surface area contributed by atoms with Gasteiger partial charge in [0, 0.05) is 19.4 Å². The predicted octanol–water partition coefficient (Wildman–Crippen LogP) is 4.13. The normalized spacial score (nSPS) is 14.4. The van der Waals surface area contributed by atoms with Crippen molar-refractivity contribution in [2.75, 3.05) is 6.54 Å². The van der Waals surface area contributed by atoms with Crippen LogP contribution in [0, 0.1) is 12.8 Å². The summed E-state index contributed by atoms with van der Waals surface area (Å²) >= 11 is 0. The fourth-order valence-corrected chi connectivity index (χ4v) is 2.75. The standard InChI is InChI=1S/C13H15F6NOS/c1-9-2-4-11(5-3-9)22(21)20-8-10(6-12(14,15)16)7-13(17,18)19/h2-5,10,20H,6-8H2,1H3. The lowest BCUT2D eigenvalue weighted by Crippen LogP contribution is -2.31. The molecule has 126 valence electrons. The lowest BCUT2D eigenvalue weighted by molar-refractivity contribution is -0.171. The van der Waals surface area contributed by atoms with Gasteiger partial charge in [-0.1, -0.05) is 17.7 Å². The molecule has 1 N–H and O–H groups in total. The summed E-state index contributed by atoms with van der Waals surface area (Å²) in [6, 6.07) is 6.30. The summed E-state index contributed by atoms with van der Waals surface area (Å²) in [4.78, 5) is 0.295. The minimum Gasteiger partial charge on any atom is -0.238 e. The van der Waals surface area contributed by atoms with Crippen molar-refractivity contribution >= 4 is 11.0 Å². The van der Waals surface area contributed by atoms with E-state index in [9.17, 15) is 30.6 Å². The number of nitrogens with one attached hydrogen (secondary N) is 1. The van der Waals surface area contributed by atoms with Gasteiger partial charge in [-0.15, -0.1) is 0 Å². The van der Waals surface area contributed by atoms with Crippen LogP contribution in [0.5, 0.6) is 0 Å². The number of hydrogen-bond donors (Lipinski definition) is 1. The Bertz CT molecular complexity index is 481. The molecule has 0 radical (unpaired) electrons. The molecule has 0 aromatic heterocycles. The molecule has 1 aromatic carbocycles. The van der Waals surface area contributed by atoms with Crippen LogP contribution in [0.3, 0.4) is 0 Å². The Morgan fingerprint density at radius 3 is 1.86 bits per heavy atom. The summed E-state index contributed by atoms with van der Waals surface area (Å²) in [5.74, 6) is -1.71. The van der Waals surface area contributed by atoms with Crippen molar-refractivity contribution < 1.29 is 30.6 Å². The lowest BCUT2D eigenvalue weighted by Gasteiger charge is -2.20. The number of alkyl halides is 6. The quantitative estimate of drug-likeness (QED) is 0.771. The summed E-state index contributed by atoms with van der Waals surface area (Å²) in [6.07, 6.45) is -12.6. The molecule has 9 heteroatoms. The molecule has 0 fully saturated rings. The SMILES string of the molecule is Cc1ccc(S(=O)NCC(CC(F)(F)F)CC(F)(F)F)cc1. The highest BCUT2D eigenvalue weighted by Gasteiger charge is 2.38. The average molecular weight is 347 g/mol. The summed E-state index contributed by atoms with van der Waals surface area (Å²) in [7, 11) is -1.85. The molecular formula is C13H15F6NOS. The molecule has 0 saturated carbocycles. The van der Waals surface area contributed by atoms with E-state index in [1.54, 1.807) is 19.1 Å². The van der Waals surface area contributed by atoms with Crippen LogP contribution in [-0.4, -0.2) is 23.1 Å². The van der Waals surface area contributed by atoms with Gasteiger partial charge in [0.2, 0.25) is 0 Å². The zero-order chi connectivity index (χ0) is 17.0. The minimum absolute atomic E-state index is 0.295. The van der Waals surface area contributed by atoms with Crippen molar-refractivity contribution in [2.45, 2.75) is 37.0 Å². The molecule has 0 spiro atoms. The highest BCUT2D eigenvalue weighted by Crippen LogP contribution is 2.32. The zero-order valence-electron chi connectivity index (χ0n) is 11.6. The number of rotatable bonds is 6. The monoisotopic (exact) mass is 347 g/mol. The number of aryl methyl sites for hydroxylation is 1. The maximum absolute atomic E-state index is 12.3. The van der Waals surface area contributed by atoms with Crippen molar-refractivity contribution in [3.63, 3.8) is 0 Å². The van der Waals surface area contributed by atoms with E-state index in [1.165, 1.54) is 12.1 Å². The molecule has 1 unspecified atom stereocenters. The first-order valence-electron chi connectivity index (χ1n) is 6.32. The van der Waals surface area contributed by atoms with Crippen LogP contribution in [-0.2, 0) is 11.0 Å². The van der Waals surface area contributed by atoms with Crippen LogP contribution in [0.1, 0.15) is 18.4 Å². The van der Waals surface area contributed by atoms with Gasteiger partial charge in [0.25, 0.3) is 0 Å². The average Bonchev–Trinajstić information content (AvgIpc) is 2.32. The third-order valence-corrected chi connectivity index (χ3v) is 3.91. The van der Waals surface area contributed by atoms with Crippen molar-refractivity contribution in [1.82, 2.24) is 4.72 Å². The van der Waals surface area contributed by atoms with Crippen LogP contribution >= 0.6 is 0 Å². The second-order valence-electron chi connectivity index (χ2n) is 4.93. The molecule has 22 heavy (non-hydrogen) atoms. The first-order valence-corrected chi connectivity index (χ1v) is 7.47. The highest BCUT2D eigenvalue weighted by atomic mass is 32.2. The topological polar surface area (TPSA) is 29.1 Å². The molecule has 0 saturated heterocycles. The molecule has 0 aliphatic carbocycles. The maximum Gasteiger partial charge on any atom is 0.389 e. The van der Waals surface area contributed by atoms with Gasteiger partial charge in [-0.3, -0.25) is 0 Å². The molecule has 0 heterocycles. The summed E-state index contributed by atoms with van der Waals surface area (Å²) in [5, 5.41) is 0. The number of benzene rings is 1. The second-order valence-corrected chi connectivity index (χ2v) is 6.23. The Labute approximate surface area is 126 Å². The van der Waals surface area contributed by atoms with Crippen molar-refractivity contribution in [3.05, 3.63) is 29.8 Å². The Hall–Kier alpha value is -1.09. The van der Waals surface area contributed by atoms with Gasteiger partial charge in [-0.2, -0.15) is 26.3 Å². The summed E-state index contributed by atoms with van der Waals surface area (Å²) < 4.78 is 87.9. The first kappa shape index (κ1) is 19.0. The van der Waals surface area contributed by atoms with E-state index in [0.717, 1.165) is 5.56 Å². The van der Waals surface area contributed by atoms with E-state index in [4.69, 9.17) is 0 Å². The maximum atomic E-state index is 12.3. The molecule has 0 aliphatic rings. The van der Waals surface area contributed by atoms with Gasteiger partial charge in [0.05, 0.1) is 4.90 Å². The van der Waals surface area contributed by atoms with Gasteiger partial charge < -0.3 is 0 Å². The van der Waals surface area contributed by atoms with Gasteiger partial charge in [-0.05, 0) is 25.0 Å².